The minimum Gasteiger partial charge on any atom is -0.393 e. The minimum absolute atomic E-state index is 0.322. The van der Waals surface area contributed by atoms with E-state index in [0.717, 1.165) is 25.7 Å². The Labute approximate surface area is 296 Å². The van der Waals surface area contributed by atoms with Crippen molar-refractivity contribution in [2.45, 2.75) is 271 Å². The number of hydrogen-bond acceptors (Lipinski definition) is 3. The van der Waals surface area contributed by atoms with E-state index in [1.54, 1.807) is 0 Å². The Bertz CT molecular complexity index is 615. The molecule has 0 aromatic rings. The molecule has 0 rings (SSSR count). The molecular formula is C44H86O3. The molecular weight excluding hydrogens is 576 g/mol. The van der Waals surface area contributed by atoms with Gasteiger partial charge in [-0.2, -0.15) is 0 Å². The molecule has 3 nitrogen and oxygen atoms in total. The van der Waals surface area contributed by atoms with Crippen molar-refractivity contribution in [3.8, 4) is 0 Å². The summed E-state index contributed by atoms with van der Waals surface area (Å²) in [5.74, 6) is -0.645. The molecule has 0 spiro atoms. The quantitative estimate of drug-likeness (QED) is 0.0372. The number of hydrogen-bond donors (Lipinski definition) is 0. The van der Waals surface area contributed by atoms with Gasteiger partial charge in [0.2, 0.25) is 0 Å². The zero-order valence-electron chi connectivity index (χ0n) is 32.5. The van der Waals surface area contributed by atoms with Crippen molar-refractivity contribution >= 4 is 11.9 Å². The number of unbranched alkanes of at least 4 members (excludes halogenated alkanes) is 36. The Balaban J connectivity index is 3.21. The summed E-state index contributed by atoms with van der Waals surface area (Å²) in [4.78, 5) is 23.9. The molecule has 0 aliphatic rings. The average Bonchev–Trinajstić information content (AvgIpc) is 3.06. The molecule has 0 radical (unpaired) electrons. The highest BCUT2D eigenvalue weighted by atomic mass is 16.6. The molecule has 3 heteroatoms. The molecule has 0 atom stereocenters. The fourth-order valence-electron chi connectivity index (χ4n) is 6.92. The van der Waals surface area contributed by atoms with Gasteiger partial charge in [0.05, 0.1) is 0 Å². The number of esters is 2. The van der Waals surface area contributed by atoms with E-state index in [1.165, 1.54) is 218 Å². The van der Waals surface area contributed by atoms with Gasteiger partial charge in [-0.25, -0.2) is 0 Å². The first-order valence-electron chi connectivity index (χ1n) is 21.9. The molecule has 0 bridgehead atoms. The summed E-state index contributed by atoms with van der Waals surface area (Å²) in [6.45, 7) is 4.56. The third-order valence-corrected chi connectivity index (χ3v) is 10.2. The number of rotatable bonds is 40. The lowest BCUT2D eigenvalue weighted by atomic mass is 10.0. The van der Waals surface area contributed by atoms with Gasteiger partial charge in [-0.3, -0.25) is 9.59 Å². The van der Waals surface area contributed by atoms with Crippen LogP contribution < -0.4 is 0 Å². The largest absolute Gasteiger partial charge is 0.393 e. The maximum Gasteiger partial charge on any atom is 0.313 e. The lowest BCUT2D eigenvalue weighted by Crippen LogP contribution is -2.11. The third kappa shape index (κ3) is 41.2. The molecule has 0 aromatic carbocycles. The van der Waals surface area contributed by atoms with E-state index in [9.17, 15) is 9.59 Å². The highest BCUT2D eigenvalue weighted by Gasteiger charge is 2.10. The Morgan fingerprint density at radius 1 is 0.255 bits per heavy atom. The molecule has 0 heterocycles. The highest BCUT2D eigenvalue weighted by molar-refractivity contribution is 5.85. The minimum atomic E-state index is -0.323. The van der Waals surface area contributed by atoms with Crippen molar-refractivity contribution in [1.29, 1.82) is 0 Å². The molecule has 47 heavy (non-hydrogen) atoms. The van der Waals surface area contributed by atoms with E-state index < -0.39 is 0 Å². The van der Waals surface area contributed by atoms with Crippen LogP contribution in [-0.4, -0.2) is 11.9 Å². The number of carbonyl (C=O) groups is 2. The topological polar surface area (TPSA) is 43.4 Å². The van der Waals surface area contributed by atoms with Crippen molar-refractivity contribution in [2.24, 2.45) is 0 Å². The normalized spacial score (nSPS) is 11.4. The lowest BCUT2D eigenvalue weighted by molar-refractivity contribution is -0.159. The van der Waals surface area contributed by atoms with Gasteiger partial charge in [0.25, 0.3) is 0 Å². The second-order valence-electron chi connectivity index (χ2n) is 15.1. The van der Waals surface area contributed by atoms with Crippen LogP contribution in [0.15, 0.2) is 0 Å². The molecule has 0 aromatic heterocycles. The first-order valence-corrected chi connectivity index (χ1v) is 21.9. The van der Waals surface area contributed by atoms with E-state index in [2.05, 4.69) is 13.8 Å². The van der Waals surface area contributed by atoms with E-state index in [-0.39, 0.29) is 11.9 Å². The molecule has 0 saturated heterocycles. The van der Waals surface area contributed by atoms with Gasteiger partial charge in [0, 0.05) is 12.8 Å². The molecule has 0 fully saturated rings. The standard InChI is InChI=1S/C44H86O3/c1-3-5-7-9-11-13-15-16-17-18-19-20-21-22-23-24-25-26-27-28-29-30-32-34-36-38-40-42-44(46)47-43(45)41-39-37-35-33-31-14-12-10-8-6-4-2/h3-42H2,1-2H3. The highest BCUT2D eigenvalue weighted by Crippen LogP contribution is 2.17. The molecule has 0 aliphatic carbocycles. The lowest BCUT2D eigenvalue weighted by Gasteiger charge is -2.05. The first-order chi connectivity index (χ1) is 23.2. The third-order valence-electron chi connectivity index (χ3n) is 10.2. The fraction of sp³-hybridized carbons (Fsp3) is 0.955. The van der Waals surface area contributed by atoms with E-state index in [1.807, 2.05) is 0 Å². The molecule has 0 N–H and O–H groups in total. The van der Waals surface area contributed by atoms with Crippen LogP contribution in [0.2, 0.25) is 0 Å². The van der Waals surface area contributed by atoms with Crippen LogP contribution in [0.25, 0.3) is 0 Å². The smallest absolute Gasteiger partial charge is 0.313 e. The average molecular weight is 663 g/mol. The first kappa shape index (κ1) is 46.1. The van der Waals surface area contributed by atoms with Gasteiger partial charge >= 0.3 is 11.9 Å². The fourth-order valence-corrected chi connectivity index (χ4v) is 6.92. The van der Waals surface area contributed by atoms with Crippen molar-refractivity contribution in [3.63, 3.8) is 0 Å². The second-order valence-corrected chi connectivity index (χ2v) is 15.1. The Morgan fingerprint density at radius 3 is 0.574 bits per heavy atom. The molecule has 0 aliphatic heterocycles. The Morgan fingerprint density at radius 2 is 0.404 bits per heavy atom. The van der Waals surface area contributed by atoms with Gasteiger partial charge in [0.1, 0.15) is 0 Å². The second kappa shape index (κ2) is 41.3. The summed E-state index contributed by atoms with van der Waals surface area (Å²) in [5, 5.41) is 0. The Hall–Kier alpha value is -0.860. The zero-order valence-corrected chi connectivity index (χ0v) is 32.5. The maximum absolute atomic E-state index is 12.0. The van der Waals surface area contributed by atoms with Crippen LogP contribution in [0.5, 0.6) is 0 Å². The summed E-state index contributed by atoms with van der Waals surface area (Å²) in [6, 6.07) is 0. The summed E-state index contributed by atoms with van der Waals surface area (Å²) in [7, 11) is 0. The zero-order chi connectivity index (χ0) is 34.1. The summed E-state index contributed by atoms with van der Waals surface area (Å²) >= 11 is 0. The summed E-state index contributed by atoms with van der Waals surface area (Å²) in [5.41, 5.74) is 0. The van der Waals surface area contributed by atoms with Crippen molar-refractivity contribution < 1.29 is 14.3 Å². The van der Waals surface area contributed by atoms with Gasteiger partial charge < -0.3 is 4.74 Å². The van der Waals surface area contributed by atoms with E-state index in [4.69, 9.17) is 4.74 Å². The predicted octanol–water partition coefficient (Wildman–Crippen LogP) is 15.7. The van der Waals surface area contributed by atoms with Crippen LogP contribution in [0.1, 0.15) is 271 Å². The number of ether oxygens (including phenoxy) is 1. The SMILES string of the molecule is CCCCCCCCCCCCCCCCCCCCCCCCCCCCCC(=O)OC(=O)CCCCCCCCCCCCC. The molecule has 0 amide bonds. The molecule has 0 saturated carbocycles. The van der Waals surface area contributed by atoms with Crippen LogP contribution in [0, 0.1) is 0 Å². The van der Waals surface area contributed by atoms with Gasteiger partial charge in [-0.1, -0.05) is 245 Å². The monoisotopic (exact) mass is 663 g/mol. The summed E-state index contributed by atoms with van der Waals surface area (Å²) in [6.07, 6.45) is 52.0. The maximum atomic E-state index is 12.0. The van der Waals surface area contributed by atoms with Crippen molar-refractivity contribution in [3.05, 3.63) is 0 Å². The van der Waals surface area contributed by atoms with Crippen LogP contribution in [-0.2, 0) is 14.3 Å². The van der Waals surface area contributed by atoms with Gasteiger partial charge in [-0.15, -0.1) is 0 Å². The van der Waals surface area contributed by atoms with Gasteiger partial charge in [-0.05, 0) is 12.8 Å². The summed E-state index contributed by atoms with van der Waals surface area (Å²) < 4.78 is 5.02. The van der Waals surface area contributed by atoms with E-state index >= 15 is 0 Å². The van der Waals surface area contributed by atoms with Gasteiger partial charge in [0.15, 0.2) is 0 Å². The van der Waals surface area contributed by atoms with Crippen LogP contribution in [0.4, 0.5) is 0 Å². The molecule has 280 valence electrons. The van der Waals surface area contributed by atoms with Crippen LogP contribution in [0.3, 0.4) is 0 Å². The van der Waals surface area contributed by atoms with Crippen LogP contribution >= 0.6 is 0 Å². The van der Waals surface area contributed by atoms with Crippen molar-refractivity contribution in [1.82, 2.24) is 0 Å². The number of carbonyl (C=O) groups excluding carboxylic acids is 2. The van der Waals surface area contributed by atoms with E-state index in [0.29, 0.717) is 12.8 Å². The predicted molar refractivity (Wildman–Crippen MR) is 207 cm³/mol. The van der Waals surface area contributed by atoms with Crippen molar-refractivity contribution in [2.75, 3.05) is 0 Å². The molecule has 0 unspecified atom stereocenters. The Kier molecular flexibility index (Phi) is 40.6.